The van der Waals surface area contributed by atoms with Gasteiger partial charge in [0.1, 0.15) is 11.9 Å². The summed E-state index contributed by atoms with van der Waals surface area (Å²) in [5, 5.41) is 16.9. The number of nitrogens with zero attached hydrogens (tertiary/aromatic N) is 1. The number of rotatable bonds is 9. The van der Waals surface area contributed by atoms with Crippen molar-refractivity contribution in [2.45, 2.75) is 12.6 Å². The van der Waals surface area contributed by atoms with Gasteiger partial charge in [-0.2, -0.15) is 0 Å². The lowest BCUT2D eigenvalue weighted by Gasteiger charge is -2.14. The monoisotopic (exact) mass is 510 g/mol. The van der Waals surface area contributed by atoms with Crippen LogP contribution in [-0.4, -0.2) is 47.0 Å². The summed E-state index contributed by atoms with van der Waals surface area (Å²) in [6.45, 7) is 0.589. The molecule has 10 heteroatoms. The van der Waals surface area contributed by atoms with Gasteiger partial charge in [0, 0.05) is 36.0 Å². The molecular formula is C28H26N6O4. The van der Waals surface area contributed by atoms with Crippen molar-refractivity contribution in [1.82, 2.24) is 21.1 Å². The first kappa shape index (κ1) is 27.6. The topological polar surface area (TPSA) is 158 Å². The SMILES string of the molecule is NC[C@H](NC(=O)c1ccc(C#CC#Cc2ccc(NC(=O)CNCc3ccccc3)nc2)cc1)C(=O)NO. The van der Waals surface area contributed by atoms with Crippen LogP contribution in [0.2, 0.25) is 0 Å². The van der Waals surface area contributed by atoms with E-state index in [0.717, 1.165) is 5.56 Å². The molecule has 3 amide bonds. The van der Waals surface area contributed by atoms with Crippen LogP contribution in [0.5, 0.6) is 0 Å². The Kier molecular flexibility index (Phi) is 10.5. The number of carbonyl (C=O) groups is 3. The van der Waals surface area contributed by atoms with Crippen LogP contribution < -0.4 is 27.2 Å². The van der Waals surface area contributed by atoms with Gasteiger partial charge in [0.2, 0.25) is 5.91 Å². The molecule has 7 N–H and O–H groups in total. The first-order valence-corrected chi connectivity index (χ1v) is 11.6. The Morgan fingerprint density at radius 2 is 1.61 bits per heavy atom. The molecule has 0 spiro atoms. The predicted molar refractivity (Wildman–Crippen MR) is 141 cm³/mol. The Labute approximate surface area is 220 Å². The fourth-order valence-corrected chi connectivity index (χ4v) is 3.11. The number of amides is 3. The van der Waals surface area contributed by atoms with E-state index in [9.17, 15) is 14.4 Å². The van der Waals surface area contributed by atoms with E-state index < -0.39 is 17.9 Å². The Morgan fingerprint density at radius 3 is 2.24 bits per heavy atom. The molecule has 0 aliphatic carbocycles. The van der Waals surface area contributed by atoms with Gasteiger partial charge in [-0.1, -0.05) is 42.2 Å². The Bertz CT molecular complexity index is 1370. The highest BCUT2D eigenvalue weighted by molar-refractivity contribution is 5.97. The highest BCUT2D eigenvalue weighted by Gasteiger charge is 2.19. The second-order valence-electron chi connectivity index (χ2n) is 7.88. The number of hydrogen-bond donors (Lipinski definition) is 6. The Balaban J connectivity index is 1.47. The minimum absolute atomic E-state index is 0.161. The number of nitrogens with one attached hydrogen (secondary N) is 4. The normalized spacial score (nSPS) is 10.6. The molecule has 0 radical (unpaired) electrons. The molecular weight excluding hydrogens is 484 g/mol. The van der Waals surface area contributed by atoms with Gasteiger partial charge < -0.3 is 21.7 Å². The zero-order valence-electron chi connectivity index (χ0n) is 20.3. The van der Waals surface area contributed by atoms with Gasteiger partial charge >= 0.3 is 0 Å². The summed E-state index contributed by atoms with van der Waals surface area (Å²) in [5.74, 6) is 10.1. The van der Waals surface area contributed by atoms with Crippen LogP contribution >= 0.6 is 0 Å². The van der Waals surface area contributed by atoms with E-state index >= 15 is 0 Å². The van der Waals surface area contributed by atoms with Crippen molar-refractivity contribution in [2.75, 3.05) is 18.4 Å². The van der Waals surface area contributed by atoms with E-state index in [0.29, 0.717) is 29.1 Å². The highest BCUT2D eigenvalue weighted by atomic mass is 16.5. The standard InChI is InChI=1S/C28H26N6O4/c29-16-24(28(37)34-38)32-27(36)23-13-10-20(11-14-23)6-4-5-9-22-12-15-25(31-18-22)33-26(35)19-30-17-21-7-2-1-3-8-21/h1-3,7-8,10-15,18,24,30,38H,16-17,19,29H2,(H,32,36)(H,34,37)(H,31,33,35)/t24-/m0/s1. The maximum absolute atomic E-state index is 12.2. The number of carbonyl (C=O) groups excluding carboxylic acids is 3. The van der Waals surface area contributed by atoms with Gasteiger partial charge in [-0.3, -0.25) is 19.6 Å². The predicted octanol–water partition coefficient (Wildman–Crippen LogP) is 0.776. The van der Waals surface area contributed by atoms with Gasteiger partial charge in [0.25, 0.3) is 11.8 Å². The molecule has 0 aliphatic rings. The molecule has 1 heterocycles. The molecule has 0 unspecified atom stereocenters. The van der Waals surface area contributed by atoms with Gasteiger partial charge in [0.15, 0.2) is 0 Å². The fourth-order valence-electron chi connectivity index (χ4n) is 3.11. The molecule has 38 heavy (non-hydrogen) atoms. The molecule has 10 nitrogen and oxygen atoms in total. The molecule has 0 fully saturated rings. The number of pyridine rings is 1. The van der Waals surface area contributed by atoms with Crippen molar-refractivity contribution in [1.29, 1.82) is 0 Å². The second-order valence-corrected chi connectivity index (χ2v) is 7.88. The minimum Gasteiger partial charge on any atom is -0.339 e. The molecule has 1 aromatic heterocycles. The van der Waals surface area contributed by atoms with Gasteiger partial charge in [-0.05, 0) is 53.8 Å². The van der Waals surface area contributed by atoms with Crippen LogP contribution in [0.3, 0.4) is 0 Å². The lowest BCUT2D eigenvalue weighted by molar-refractivity contribution is -0.130. The summed E-state index contributed by atoms with van der Waals surface area (Å²) in [6, 6.07) is 18.5. The average molecular weight is 511 g/mol. The number of aromatic nitrogens is 1. The molecule has 3 rings (SSSR count). The van der Waals surface area contributed by atoms with Crippen LogP contribution in [0, 0.1) is 23.7 Å². The molecule has 3 aromatic rings. The number of anilines is 1. The van der Waals surface area contributed by atoms with E-state index in [4.69, 9.17) is 10.9 Å². The molecule has 1 atom stereocenters. The van der Waals surface area contributed by atoms with Gasteiger partial charge in [-0.25, -0.2) is 10.5 Å². The summed E-state index contributed by atoms with van der Waals surface area (Å²) >= 11 is 0. The minimum atomic E-state index is -1.05. The van der Waals surface area contributed by atoms with Crippen molar-refractivity contribution in [2.24, 2.45) is 5.73 Å². The van der Waals surface area contributed by atoms with Crippen LogP contribution in [-0.2, 0) is 16.1 Å². The maximum atomic E-state index is 12.2. The van der Waals surface area contributed by atoms with Crippen LogP contribution in [0.1, 0.15) is 27.0 Å². The molecule has 0 saturated carbocycles. The number of benzene rings is 2. The summed E-state index contributed by atoms with van der Waals surface area (Å²) in [4.78, 5) is 39.9. The van der Waals surface area contributed by atoms with Crippen LogP contribution in [0.4, 0.5) is 5.82 Å². The van der Waals surface area contributed by atoms with E-state index in [1.807, 2.05) is 30.3 Å². The van der Waals surface area contributed by atoms with E-state index in [1.165, 1.54) is 5.48 Å². The van der Waals surface area contributed by atoms with E-state index in [1.54, 1.807) is 42.6 Å². The number of hydroxylamine groups is 1. The van der Waals surface area contributed by atoms with Crippen LogP contribution in [0.15, 0.2) is 72.9 Å². The molecule has 0 aliphatic heterocycles. The smallest absolute Gasteiger partial charge is 0.267 e. The summed E-state index contributed by atoms with van der Waals surface area (Å²) in [6.07, 6.45) is 1.54. The Hall–Kier alpha value is -5.00. The lowest BCUT2D eigenvalue weighted by atomic mass is 10.1. The molecule has 192 valence electrons. The summed E-state index contributed by atoms with van der Waals surface area (Å²) in [7, 11) is 0. The van der Waals surface area contributed by atoms with Crippen molar-refractivity contribution in [3.05, 3.63) is 95.2 Å². The fraction of sp³-hybridized carbons (Fsp3) is 0.143. The van der Waals surface area contributed by atoms with Crippen molar-refractivity contribution in [3.63, 3.8) is 0 Å². The third-order valence-corrected chi connectivity index (χ3v) is 5.08. The summed E-state index contributed by atoms with van der Waals surface area (Å²) in [5.41, 5.74) is 9.55. The first-order valence-electron chi connectivity index (χ1n) is 11.6. The number of nitrogens with two attached hydrogens (primary N) is 1. The van der Waals surface area contributed by atoms with Gasteiger partial charge in [0.05, 0.1) is 6.54 Å². The second kappa shape index (κ2) is 14.5. The third-order valence-electron chi connectivity index (χ3n) is 5.08. The third kappa shape index (κ3) is 8.90. The largest absolute Gasteiger partial charge is 0.339 e. The average Bonchev–Trinajstić information content (AvgIpc) is 2.95. The summed E-state index contributed by atoms with van der Waals surface area (Å²) < 4.78 is 0. The number of hydrogen-bond acceptors (Lipinski definition) is 7. The molecule has 2 aromatic carbocycles. The zero-order valence-corrected chi connectivity index (χ0v) is 20.3. The first-order chi connectivity index (χ1) is 18.5. The van der Waals surface area contributed by atoms with E-state index in [2.05, 4.69) is 44.6 Å². The maximum Gasteiger partial charge on any atom is 0.267 e. The lowest BCUT2D eigenvalue weighted by Crippen LogP contribution is -2.50. The quantitative estimate of drug-likeness (QED) is 0.141. The van der Waals surface area contributed by atoms with Crippen molar-refractivity contribution < 1.29 is 19.6 Å². The molecule has 0 saturated heterocycles. The van der Waals surface area contributed by atoms with Gasteiger partial charge in [-0.15, -0.1) is 0 Å². The highest BCUT2D eigenvalue weighted by Crippen LogP contribution is 2.05. The van der Waals surface area contributed by atoms with Crippen molar-refractivity contribution in [3.8, 4) is 23.7 Å². The Morgan fingerprint density at radius 1 is 0.921 bits per heavy atom. The van der Waals surface area contributed by atoms with Crippen molar-refractivity contribution >= 4 is 23.5 Å². The van der Waals surface area contributed by atoms with E-state index in [-0.39, 0.29) is 19.0 Å². The zero-order chi connectivity index (χ0) is 27.2. The molecule has 0 bridgehead atoms. The van der Waals surface area contributed by atoms with Crippen LogP contribution in [0.25, 0.3) is 0 Å².